The molecule has 0 saturated carbocycles. The van der Waals surface area contributed by atoms with Gasteiger partial charge in [0.15, 0.2) is 0 Å². The van der Waals surface area contributed by atoms with Crippen molar-refractivity contribution in [2.75, 3.05) is 18.4 Å². The molecular formula is C18H22N2O4S. The van der Waals surface area contributed by atoms with Crippen LogP contribution in [0.3, 0.4) is 0 Å². The fourth-order valence-corrected chi connectivity index (χ4v) is 4.21. The predicted octanol–water partition coefficient (Wildman–Crippen LogP) is 2.98. The highest BCUT2D eigenvalue weighted by atomic mass is 32.1. The first-order valence-electron chi connectivity index (χ1n) is 8.63. The van der Waals surface area contributed by atoms with E-state index in [1.165, 1.54) is 11.3 Å². The largest absolute Gasteiger partial charge is 0.481 e. The molecular weight excluding hydrogens is 340 g/mol. The van der Waals surface area contributed by atoms with E-state index in [0.29, 0.717) is 23.4 Å². The summed E-state index contributed by atoms with van der Waals surface area (Å²) < 4.78 is 0. The second-order valence-corrected chi connectivity index (χ2v) is 7.42. The van der Waals surface area contributed by atoms with Crippen molar-refractivity contribution in [2.45, 2.75) is 32.1 Å². The quantitative estimate of drug-likeness (QED) is 0.806. The number of hydrogen-bond donors (Lipinski definition) is 2. The molecule has 1 aliphatic heterocycles. The summed E-state index contributed by atoms with van der Waals surface area (Å²) in [6.45, 7) is 1.49. The average molecular weight is 362 g/mol. The van der Waals surface area contributed by atoms with Gasteiger partial charge in [-0.25, -0.2) is 0 Å². The minimum absolute atomic E-state index is 0.0606. The van der Waals surface area contributed by atoms with Crippen LogP contribution in [-0.4, -0.2) is 40.9 Å². The summed E-state index contributed by atoms with van der Waals surface area (Å²) in [6, 6.07) is 1.73. The third-order valence-corrected chi connectivity index (χ3v) is 5.69. The Hall–Kier alpha value is -2.15. The van der Waals surface area contributed by atoms with Gasteiger partial charge in [-0.1, -0.05) is 12.2 Å². The zero-order valence-electron chi connectivity index (χ0n) is 13.9. The first-order valence-corrected chi connectivity index (χ1v) is 9.51. The molecule has 2 atom stereocenters. The summed E-state index contributed by atoms with van der Waals surface area (Å²) in [5.41, 5.74) is 0.499. The van der Waals surface area contributed by atoms with Crippen molar-refractivity contribution in [1.29, 1.82) is 0 Å². The smallest absolute Gasteiger partial charge is 0.307 e. The van der Waals surface area contributed by atoms with E-state index >= 15 is 0 Å². The molecule has 2 N–H and O–H groups in total. The number of amides is 2. The van der Waals surface area contributed by atoms with Crippen LogP contribution < -0.4 is 5.32 Å². The van der Waals surface area contributed by atoms with Gasteiger partial charge in [0.1, 0.15) is 5.00 Å². The molecule has 0 aromatic carbocycles. The Morgan fingerprint density at radius 2 is 1.76 bits per heavy atom. The number of allylic oxidation sites excluding steroid dienone is 2. The number of likely N-dealkylation sites (tertiary alicyclic amines) is 1. The number of rotatable bonds is 4. The van der Waals surface area contributed by atoms with Crippen LogP contribution in [0.5, 0.6) is 0 Å². The van der Waals surface area contributed by atoms with E-state index in [0.717, 1.165) is 32.4 Å². The Morgan fingerprint density at radius 3 is 2.44 bits per heavy atom. The Morgan fingerprint density at radius 1 is 1.08 bits per heavy atom. The number of carbonyl (C=O) groups excluding carboxylic acids is 2. The van der Waals surface area contributed by atoms with Crippen molar-refractivity contribution in [3.8, 4) is 0 Å². The number of thiophene rings is 1. The van der Waals surface area contributed by atoms with E-state index in [9.17, 15) is 19.5 Å². The highest BCUT2D eigenvalue weighted by molar-refractivity contribution is 7.14. The number of aliphatic carboxylic acids is 1. The van der Waals surface area contributed by atoms with Crippen LogP contribution in [0.25, 0.3) is 0 Å². The van der Waals surface area contributed by atoms with Crippen molar-refractivity contribution in [2.24, 2.45) is 11.8 Å². The summed E-state index contributed by atoms with van der Waals surface area (Å²) in [6.07, 6.45) is 7.57. The third-order valence-electron chi connectivity index (χ3n) is 4.86. The first kappa shape index (κ1) is 17.7. The lowest BCUT2D eigenvalue weighted by atomic mass is 9.82. The molecule has 3 rings (SSSR count). The molecule has 0 unspecified atom stereocenters. The lowest BCUT2D eigenvalue weighted by Crippen LogP contribution is -2.37. The maximum absolute atomic E-state index is 12.7. The summed E-state index contributed by atoms with van der Waals surface area (Å²) in [4.78, 5) is 38.5. The molecule has 1 fully saturated rings. The van der Waals surface area contributed by atoms with Gasteiger partial charge in [-0.05, 0) is 43.6 Å². The topological polar surface area (TPSA) is 86.7 Å². The zero-order chi connectivity index (χ0) is 17.8. The van der Waals surface area contributed by atoms with Crippen LogP contribution in [0.2, 0.25) is 0 Å². The second-order valence-electron chi connectivity index (χ2n) is 6.50. The van der Waals surface area contributed by atoms with E-state index < -0.39 is 17.8 Å². The lowest BCUT2D eigenvalue weighted by molar-refractivity contribution is -0.146. The molecule has 1 aliphatic carbocycles. The van der Waals surface area contributed by atoms with Crippen molar-refractivity contribution < 1.29 is 19.5 Å². The van der Waals surface area contributed by atoms with Crippen LogP contribution in [-0.2, 0) is 9.59 Å². The monoisotopic (exact) mass is 362 g/mol. The third kappa shape index (κ3) is 3.92. The van der Waals surface area contributed by atoms with Crippen molar-refractivity contribution in [1.82, 2.24) is 4.90 Å². The number of anilines is 1. The zero-order valence-corrected chi connectivity index (χ0v) is 14.8. The molecule has 0 radical (unpaired) electrons. The number of piperidine rings is 1. The Kier molecular flexibility index (Phi) is 5.53. The summed E-state index contributed by atoms with van der Waals surface area (Å²) in [7, 11) is 0. The molecule has 25 heavy (non-hydrogen) atoms. The molecule has 2 amide bonds. The van der Waals surface area contributed by atoms with Gasteiger partial charge < -0.3 is 15.3 Å². The number of nitrogens with zero attached hydrogens (tertiary/aromatic N) is 1. The summed E-state index contributed by atoms with van der Waals surface area (Å²) >= 11 is 1.30. The highest BCUT2D eigenvalue weighted by Gasteiger charge is 2.34. The van der Waals surface area contributed by atoms with Gasteiger partial charge in [-0.15, -0.1) is 11.3 Å². The van der Waals surface area contributed by atoms with E-state index in [-0.39, 0.29) is 11.8 Å². The molecule has 1 aromatic rings. The molecule has 2 aliphatic rings. The maximum atomic E-state index is 12.7. The minimum atomic E-state index is -0.958. The molecule has 2 heterocycles. The normalized spacial score (nSPS) is 23.3. The summed E-state index contributed by atoms with van der Waals surface area (Å²) in [5.74, 6) is -2.67. The van der Waals surface area contributed by atoms with E-state index in [2.05, 4.69) is 5.32 Å². The van der Waals surface area contributed by atoms with Crippen LogP contribution in [0, 0.1) is 11.8 Å². The summed E-state index contributed by atoms with van der Waals surface area (Å²) in [5, 5.41) is 14.4. The van der Waals surface area contributed by atoms with Gasteiger partial charge in [-0.2, -0.15) is 0 Å². The molecule has 1 aromatic heterocycles. The van der Waals surface area contributed by atoms with Gasteiger partial charge in [0.2, 0.25) is 5.91 Å². The van der Waals surface area contributed by atoms with Crippen molar-refractivity contribution in [3.05, 3.63) is 29.2 Å². The Labute approximate surface area is 150 Å². The SMILES string of the molecule is O=C(O)[C@H]1CC=CC[C@@H]1C(=O)Nc1sccc1C(=O)N1CCCCC1. The molecule has 6 nitrogen and oxygen atoms in total. The number of carboxylic acids is 1. The fraction of sp³-hybridized carbons (Fsp3) is 0.500. The predicted molar refractivity (Wildman–Crippen MR) is 95.7 cm³/mol. The number of hydrogen-bond acceptors (Lipinski definition) is 4. The maximum Gasteiger partial charge on any atom is 0.307 e. The van der Waals surface area contributed by atoms with E-state index in [1.54, 1.807) is 17.5 Å². The Bertz CT molecular complexity index is 691. The van der Waals surface area contributed by atoms with Crippen LogP contribution in [0.4, 0.5) is 5.00 Å². The van der Waals surface area contributed by atoms with Gasteiger partial charge in [0.05, 0.1) is 17.4 Å². The van der Waals surface area contributed by atoms with Crippen molar-refractivity contribution >= 4 is 34.1 Å². The van der Waals surface area contributed by atoms with Gasteiger partial charge in [0.25, 0.3) is 5.91 Å². The minimum Gasteiger partial charge on any atom is -0.481 e. The molecule has 0 bridgehead atoms. The van der Waals surface area contributed by atoms with Gasteiger partial charge >= 0.3 is 5.97 Å². The van der Waals surface area contributed by atoms with E-state index in [1.807, 2.05) is 11.0 Å². The number of carbonyl (C=O) groups is 3. The highest BCUT2D eigenvalue weighted by Crippen LogP contribution is 2.30. The molecule has 1 saturated heterocycles. The fourth-order valence-electron chi connectivity index (χ4n) is 3.42. The molecule has 134 valence electrons. The molecule has 0 spiro atoms. The van der Waals surface area contributed by atoms with Crippen LogP contribution in [0.15, 0.2) is 23.6 Å². The lowest BCUT2D eigenvalue weighted by Gasteiger charge is -2.27. The van der Waals surface area contributed by atoms with Gasteiger partial charge in [-0.3, -0.25) is 14.4 Å². The molecule has 7 heteroatoms. The Balaban J connectivity index is 1.72. The number of carboxylic acid groups (broad SMARTS) is 1. The number of nitrogens with one attached hydrogen (secondary N) is 1. The second kappa shape index (κ2) is 7.82. The standard InChI is InChI=1S/C18H22N2O4S/c21-15(12-6-2-3-7-13(12)18(23)24)19-16-14(8-11-25-16)17(22)20-9-4-1-5-10-20/h2-3,8,11-13H,1,4-7,9-10H2,(H,19,21)(H,23,24)/t12-,13-/m0/s1. The van der Waals surface area contributed by atoms with Crippen LogP contribution >= 0.6 is 11.3 Å². The average Bonchev–Trinajstić information content (AvgIpc) is 3.09. The van der Waals surface area contributed by atoms with E-state index in [4.69, 9.17) is 0 Å². The van der Waals surface area contributed by atoms with Crippen LogP contribution in [0.1, 0.15) is 42.5 Å². The van der Waals surface area contributed by atoms with Crippen molar-refractivity contribution in [3.63, 3.8) is 0 Å². The van der Waals surface area contributed by atoms with Gasteiger partial charge in [0, 0.05) is 13.1 Å². The first-order chi connectivity index (χ1) is 12.1.